The lowest BCUT2D eigenvalue weighted by Gasteiger charge is -2.09. The maximum Gasteiger partial charge on any atom is 0.0991 e. The van der Waals surface area contributed by atoms with Crippen molar-refractivity contribution in [2.45, 2.75) is 6.54 Å². The van der Waals surface area contributed by atoms with Crippen LogP contribution in [0.3, 0.4) is 0 Å². The van der Waals surface area contributed by atoms with E-state index in [0.717, 1.165) is 17.9 Å². The summed E-state index contributed by atoms with van der Waals surface area (Å²) in [7, 11) is 0. The SMILES string of the molecule is c1ccc(Cn2c3ccc(-n4ccnc4)cc3c3cc(-n4ccnc4)ccc32)cc1. The Bertz CT molecular complexity index is 1350. The first-order valence-electron chi connectivity index (χ1n) is 9.93. The molecule has 0 aliphatic carbocycles. The molecule has 5 nitrogen and oxygen atoms in total. The molecule has 0 aliphatic rings. The van der Waals surface area contributed by atoms with Crippen LogP contribution in [0.5, 0.6) is 0 Å². The fraction of sp³-hybridized carbons (Fsp3) is 0.0400. The maximum atomic E-state index is 4.20. The number of nitrogens with zero attached hydrogens (tertiary/aromatic N) is 5. The summed E-state index contributed by atoms with van der Waals surface area (Å²) in [5, 5.41) is 2.46. The summed E-state index contributed by atoms with van der Waals surface area (Å²) in [4.78, 5) is 8.39. The Morgan fingerprint density at radius 2 is 1.20 bits per heavy atom. The Balaban J connectivity index is 1.61. The minimum atomic E-state index is 0.829. The summed E-state index contributed by atoms with van der Waals surface area (Å²) in [6.07, 6.45) is 11.2. The number of imidazole rings is 2. The van der Waals surface area contributed by atoms with Crippen molar-refractivity contribution in [1.29, 1.82) is 0 Å². The molecule has 0 saturated heterocycles. The fourth-order valence-electron chi connectivity index (χ4n) is 4.16. The summed E-state index contributed by atoms with van der Waals surface area (Å²) in [5.41, 5.74) is 5.94. The molecule has 6 rings (SSSR count). The molecule has 0 radical (unpaired) electrons. The summed E-state index contributed by atoms with van der Waals surface area (Å²) >= 11 is 0. The molecule has 3 aromatic heterocycles. The number of rotatable bonds is 4. The van der Waals surface area contributed by atoms with Gasteiger partial charge in [0, 0.05) is 64.5 Å². The molecule has 3 heterocycles. The van der Waals surface area contributed by atoms with Crippen molar-refractivity contribution in [3.05, 3.63) is 110 Å². The van der Waals surface area contributed by atoms with E-state index in [4.69, 9.17) is 0 Å². The average Bonchev–Trinajstić information content (AvgIpc) is 3.56. The number of hydrogen-bond acceptors (Lipinski definition) is 2. The van der Waals surface area contributed by atoms with Gasteiger partial charge in [-0.15, -0.1) is 0 Å². The zero-order valence-corrected chi connectivity index (χ0v) is 16.3. The molecule has 0 bridgehead atoms. The van der Waals surface area contributed by atoms with Gasteiger partial charge in [-0.05, 0) is 42.0 Å². The van der Waals surface area contributed by atoms with Gasteiger partial charge in [0.2, 0.25) is 0 Å². The zero-order valence-electron chi connectivity index (χ0n) is 16.3. The zero-order chi connectivity index (χ0) is 19.9. The van der Waals surface area contributed by atoms with Crippen LogP contribution in [0, 0.1) is 0 Å². The van der Waals surface area contributed by atoms with Crippen molar-refractivity contribution in [3.8, 4) is 11.4 Å². The second kappa shape index (κ2) is 6.74. The van der Waals surface area contributed by atoms with Crippen molar-refractivity contribution in [1.82, 2.24) is 23.7 Å². The first kappa shape index (κ1) is 16.8. The van der Waals surface area contributed by atoms with Gasteiger partial charge in [-0.3, -0.25) is 0 Å². The Morgan fingerprint density at radius 3 is 1.70 bits per heavy atom. The van der Waals surface area contributed by atoms with E-state index in [0.29, 0.717) is 0 Å². The second-order valence-electron chi connectivity index (χ2n) is 7.41. The molecule has 144 valence electrons. The minimum absolute atomic E-state index is 0.829. The highest BCUT2D eigenvalue weighted by Crippen LogP contribution is 2.33. The summed E-state index contributed by atoms with van der Waals surface area (Å²) < 4.78 is 6.48. The van der Waals surface area contributed by atoms with Gasteiger partial charge >= 0.3 is 0 Å². The van der Waals surface area contributed by atoms with Gasteiger partial charge in [-0.1, -0.05) is 30.3 Å². The Hall–Kier alpha value is -4.12. The molecular formula is C25H19N5. The van der Waals surface area contributed by atoms with Crippen LogP contribution in [0.1, 0.15) is 5.56 Å². The van der Waals surface area contributed by atoms with Crippen LogP contribution in [-0.2, 0) is 6.54 Å². The number of aromatic nitrogens is 5. The standard InChI is InChI=1S/C25H19N5/c1-2-4-19(5-3-1)16-30-24-8-6-20(28-12-10-26-17-28)14-22(24)23-15-21(7-9-25(23)30)29-13-11-27-18-29/h1-15,17-18H,16H2. The summed E-state index contributed by atoms with van der Waals surface area (Å²) in [6, 6.07) is 23.8. The molecule has 30 heavy (non-hydrogen) atoms. The summed E-state index contributed by atoms with van der Waals surface area (Å²) in [5.74, 6) is 0. The quantitative estimate of drug-likeness (QED) is 0.415. The predicted molar refractivity (Wildman–Crippen MR) is 119 cm³/mol. The van der Waals surface area contributed by atoms with Crippen LogP contribution in [0.4, 0.5) is 0 Å². The van der Waals surface area contributed by atoms with E-state index in [-0.39, 0.29) is 0 Å². The number of fused-ring (bicyclic) bond motifs is 3. The third kappa shape index (κ3) is 2.71. The van der Waals surface area contributed by atoms with Crippen molar-refractivity contribution < 1.29 is 0 Å². The Labute approximate surface area is 173 Å². The molecular weight excluding hydrogens is 370 g/mol. The van der Waals surface area contributed by atoms with E-state index in [2.05, 4.69) is 81.3 Å². The first-order valence-corrected chi connectivity index (χ1v) is 9.93. The van der Waals surface area contributed by atoms with Gasteiger partial charge in [0.15, 0.2) is 0 Å². The highest BCUT2D eigenvalue weighted by atomic mass is 15.0. The lowest BCUT2D eigenvalue weighted by Crippen LogP contribution is -1.99. The molecule has 0 aliphatic heterocycles. The van der Waals surface area contributed by atoms with E-state index in [1.54, 1.807) is 12.4 Å². The van der Waals surface area contributed by atoms with Crippen LogP contribution in [0.25, 0.3) is 33.2 Å². The number of hydrogen-bond donors (Lipinski definition) is 0. The lowest BCUT2D eigenvalue weighted by atomic mass is 10.1. The van der Waals surface area contributed by atoms with Gasteiger partial charge in [0.05, 0.1) is 12.7 Å². The molecule has 0 amide bonds. The smallest absolute Gasteiger partial charge is 0.0991 e. The summed E-state index contributed by atoms with van der Waals surface area (Å²) in [6.45, 7) is 0.829. The molecule has 0 saturated carbocycles. The highest BCUT2D eigenvalue weighted by molar-refractivity contribution is 6.09. The molecule has 0 fully saturated rings. The van der Waals surface area contributed by atoms with Gasteiger partial charge in [0.1, 0.15) is 0 Å². The van der Waals surface area contributed by atoms with Crippen LogP contribution in [0.2, 0.25) is 0 Å². The third-order valence-electron chi connectivity index (χ3n) is 5.62. The molecule has 0 atom stereocenters. The van der Waals surface area contributed by atoms with E-state index in [1.165, 1.54) is 27.4 Å². The fourth-order valence-corrected chi connectivity index (χ4v) is 4.16. The maximum absolute atomic E-state index is 4.20. The molecule has 3 aromatic carbocycles. The van der Waals surface area contributed by atoms with E-state index in [1.807, 2.05) is 34.2 Å². The molecule has 5 heteroatoms. The highest BCUT2D eigenvalue weighted by Gasteiger charge is 2.13. The predicted octanol–water partition coefficient (Wildman–Crippen LogP) is 5.21. The normalized spacial score (nSPS) is 11.5. The lowest BCUT2D eigenvalue weighted by molar-refractivity contribution is 0.868. The van der Waals surface area contributed by atoms with Gasteiger partial charge < -0.3 is 13.7 Å². The second-order valence-corrected chi connectivity index (χ2v) is 7.41. The Kier molecular flexibility index (Phi) is 3.77. The Morgan fingerprint density at radius 1 is 0.633 bits per heavy atom. The van der Waals surface area contributed by atoms with Crippen molar-refractivity contribution >= 4 is 21.8 Å². The monoisotopic (exact) mass is 389 g/mol. The molecule has 6 aromatic rings. The van der Waals surface area contributed by atoms with Crippen LogP contribution >= 0.6 is 0 Å². The largest absolute Gasteiger partial charge is 0.336 e. The van der Waals surface area contributed by atoms with E-state index >= 15 is 0 Å². The van der Waals surface area contributed by atoms with Crippen LogP contribution < -0.4 is 0 Å². The molecule has 0 unspecified atom stereocenters. The van der Waals surface area contributed by atoms with Gasteiger partial charge in [-0.25, -0.2) is 9.97 Å². The average molecular weight is 389 g/mol. The van der Waals surface area contributed by atoms with Crippen LogP contribution in [-0.4, -0.2) is 23.7 Å². The number of benzene rings is 3. The van der Waals surface area contributed by atoms with Crippen molar-refractivity contribution in [3.63, 3.8) is 0 Å². The van der Waals surface area contributed by atoms with Crippen LogP contribution in [0.15, 0.2) is 104 Å². The van der Waals surface area contributed by atoms with Crippen molar-refractivity contribution in [2.24, 2.45) is 0 Å². The van der Waals surface area contributed by atoms with Gasteiger partial charge in [-0.2, -0.15) is 0 Å². The minimum Gasteiger partial charge on any atom is -0.336 e. The topological polar surface area (TPSA) is 40.6 Å². The van der Waals surface area contributed by atoms with E-state index in [9.17, 15) is 0 Å². The first-order chi connectivity index (χ1) is 14.9. The van der Waals surface area contributed by atoms with E-state index < -0.39 is 0 Å². The third-order valence-corrected chi connectivity index (χ3v) is 5.62. The van der Waals surface area contributed by atoms with Crippen molar-refractivity contribution in [2.75, 3.05) is 0 Å². The molecule has 0 spiro atoms. The molecule has 0 N–H and O–H groups in total. The van der Waals surface area contributed by atoms with Gasteiger partial charge in [0.25, 0.3) is 0 Å².